The Morgan fingerprint density at radius 3 is 2.80 bits per heavy atom. The number of para-hydroxylation sites is 1. The monoisotopic (exact) mass is 403 g/mol. The van der Waals surface area contributed by atoms with Crippen LogP contribution in [0.3, 0.4) is 0 Å². The molecule has 0 saturated carbocycles. The number of rotatable bonds is 6. The summed E-state index contributed by atoms with van der Waals surface area (Å²) in [4.78, 5) is 22.8. The van der Waals surface area contributed by atoms with Crippen LogP contribution in [-0.2, 0) is 4.74 Å². The van der Waals surface area contributed by atoms with Crippen LogP contribution in [0.4, 0.5) is 16.2 Å². The van der Waals surface area contributed by atoms with Gasteiger partial charge in [0.1, 0.15) is 17.7 Å². The van der Waals surface area contributed by atoms with Gasteiger partial charge in [0.15, 0.2) is 11.5 Å². The maximum absolute atomic E-state index is 14.1. The molecular formula is C21H18FN7O. The topological polar surface area (TPSA) is 84.8 Å². The van der Waals surface area contributed by atoms with Crippen LogP contribution in [0.15, 0.2) is 61.2 Å². The lowest BCUT2D eigenvalue weighted by atomic mass is 10.2. The Morgan fingerprint density at radius 2 is 1.97 bits per heavy atom. The zero-order valence-electron chi connectivity index (χ0n) is 16.2. The highest BCUT2D eigenvalue weighted by Gasteiger charge is 2.23. The van der Waals surface area contributed by atoms with Crippen LogP contribution >= 0.6 is 0 Å². The Balaban J connectivity index is 1.79. The zero-order chi connectivity index (χ0) is 20.5. The van der Waals surface area contributed by atoms with E-state index in [1.165, 1.54) is 18.5 Å². The van der Waals surface area contributed by atoms with E-state index in [1.54, 1.807) is 19.5 Å². The second kappa shape index (κ2) is 7.53. The molecule has 0 bridgehead atoms. The first kappa shape index (κ1) is 18.2. The number of aromatic nitrogens is 6. The second-order valence-corrected chi connectivity index (χ2v) is 6.66. The number of imidazole rings is 2. The summed E-state index contributed by atoms with van der Waals surface area (Å²) in [6, 6.07) is 14.3. The molecule has 8 nitrogen and oxygen atoms in total. The summed E-state index contributed by atoms with van der Waals surface area (Å²) in [7, 11) is 1.64. The Bertz CT molecular complexity index is 1320. The number of aromatic amines is 1. The smallest absolute Gasteiger partial charge is 0.217 e. The van der Waals surface area contributed by atoms with Gasteiger partial charge in [-0.3, -0.25) is 9.47 Å². The molecule has 9 heteroatoms. The predicted molar refractivity (Wildman–Crippen MR) is 112 cm³/mol. The van der Waals surface area contributed by atoms with Gasteiger partial charge in [0.25, 0.3) is 0 Å². The average Bonchev–Trinajstić information content (AvgIpc) is 3.39. The van der Waals surface area contributed by atoms with E-state index in [-0.39, 0.29) is 5.82 Å². The van der Waals surface area contributed by atoms with E-state index in [4.69, 9.17) is 9.72 Å². The van der Waals surface area contributed by atoms with Gasteiger partial charge in [-0.1, -0.05) is 18.2 Å². The van der Waals surface area contributed by atoms with E-state index >= 15 is 0 Å². The number of fused-ring (bicyclic) bond motifs is 2. The molecule has 0 atom stereocenters. The molecule has 0 amide bonds. The molecule has 5 rings (SSSR count). The van der Waals surface area contributed by atoms with E-state index in [0.717, 1.165) is 5.69 Å². The molecule has 30 heavy (non-hydrogen) atoms. The molecule has 0 aliphatic carbocycles. The van der Waals surface area contributed by atoms with Crippen LogP contribution in [0.5, 0.6) is 0 Å². The number of methoxy groups -OCH3 is 1. The Kier molecular flexibility index (Phi) is 4.56. The SMILES string of the molecule is COCCN(c1ncnc2nc[nH]c12)c1nc2ccc(F)cc2n1-c1ccccc1. The number of anilines is 2. The highest BCUT2D eigenvalue weighted by molar-refractivity contribution is 5.88. The Hall–Kier alpha value is -3.85. The quantitative estimate of drug-likeness (QED) is 0.466. The third-order valence-corrected chi connectivity index (χ3v) is 4.83. The number of benzene rings is 2. The Labute approximate surface area is 171 Å². The van der Waals surface area contributed by atoms with Crippen molar-refractivity contribution >= 4 is 34.0 Å². The average molecular weight is 403 g/mol. The van der Waals surface area contributed by atoms with E-state index in [1.807, 2.05) is 39.8 Å². The molecule has 5 aromatic rings. The first-order chi connectivity index (χ1) is 14.8. The molecular weight excluding hydrogens is 385 g/mol. The van der Waals surface area contributed by atoms with Crippen LogP contribution in [0.2, 0.25) is 0 Å². The Morgan fingerprint density at radius 1 is 1.10 bits per heavy atom. The first-order valence-electron chi connectivity index (χ1n) is 9.40. The minimum atomic E-state index is -0.326. The molecule has 0 aliphatic rings. The number of H-pyrrole nitrogens is 1. The number of hydrogen-bond acceptors (Lipinski definition) is 6. The fourth-order valence-corrected chi connectivity index (χ4v) is 3.49. The lowest BCUT2D eigenvalue weighted by Gasteiger charge is -2.23. The molecule has 3 heterocycles. The number of hydrogen-bond donors (Lipinski definition) is 1. The fourth-order valence-electron chi connectivity index (χ4n) is 3.49. The molecule has 0 radical (unpaired) electrons. The predicted octanol–water partition coefficient (Wildman–Crippen LogP) is 3.62. The number of halogens is 1. The van der Waals surface area contributed by atoms with Crippen molar-refractivity contribution in [2.45, 2.75) is 0 Å². The minimum Gasteiger partial charge on any atom is -0.383 e. The van der Waals surface area contributed by atoms with Gasteiger partial charge in [-0.25, -0.2) is 24.3 Å². The van der Waals surface area contributed by atoms with Crippen LogP contribution in [0.25, 0.3) is 27.9 Å². The van der Waals surface area contributed by atoms with E-state index < -0.39 is 0 Å². The van der Waals surface area contributed by atoms with Gasteiger partial charge in [-0.05, 0) is 24.3 Å². The molecule has 3 aromatic heterocycles. The van der Waals surface area contributed by atoms with Gasteiger partial charge in [-0.15, -0.1) is 0 Å². The standard InChI is InChI=1S/C21H18FN7O/c1-30-10-9-28(20-18-19(24-12-23-18)25-13-26-20)21-27-16-8-7-14(22)11-17(16)29(21)15-5-3-2-4-6-15/h2-8,11-13H,9-10H2,1H3,(H,23,24,25,26). The number of ether oxygens (including phenoxy) is 1. The van der Waals surface area contributed by atoms with Crippen LogP contribution in [0.1, 0.15) is 0 Å². The second-order valence-electron chi connectivity index (χ2n) is 6.66. The van der Waals surface area contributed by atoms with Gasteiger partial charge >= 0.3 is 0 Å². The van der Waals surface area contributed by atoms with Crippen LogP contribution < -0.4 is 4.90 Å². The lowest BCUT2D eigenvalue weighted by molar-refractivity contribution is 0.207. The summed E-state index contributed by atoms with van der Waals surface area (Å²) < 4.78 is 21.4. The summed E-state index contributed by atoms with van der Waals surface area (Å²) in [6.07, 6.45) is 3.04. The molecule has 1 N–H and O–H groups in total. The molecule has 0 saturated heterocycles. The molecule has 150 valence electrons. The van der Waals surface area contributed by atoms with Gasteiger partial charge in [0.2, 0.25) is 5.95 Å². The van der Waals surface area contributed by atoms with Gasteiger partial charge in [-0.2, -0.15) is 0 Å². The molecule has 0 fully saturated rings. The summed E-state index contributed by atoms with van der Waals surface area (Å²) in [5.74, 6) is 0.878. The van der Waals surface area contributed by atoms with E-state index in [9.17, 15) is 4.39 Å². The summed E-state index contributed by atoms with van der Waals surface area (Å²) in [6.45, 7) is 0.909. The summed E-state index contributed by atoms with van der Waals surface area (Å²) in [5.41, 5.74) is 3.43. The van der Waals surface area contributed by atoms with Crippen molar-refractivity contribution in [1.82, 2.24) is 29.5 Å². The highest BCUT2D eigenvalue weighted by Crippen LogP contribution is 2.33. The van der Waals surface area contributed by atoms with Gasteiger partial charge in [0.05, 0.1) is 30.5 Å². The first-order valence-corrected chi connectivity index (χ1v) is 9.40. The summed E-state index contributed by atoms with van der Waals surface area (Å²) in [5, 5.41) is 0. The van der Waals surface area contributed by atoms with Crippen molar-refractivity contribution in [2.24, 2.45) is 0 Å². The molecule has 0 spiro atoms. The summed E-state index contributed by atoms with van der Waals surface area (Å²) >= 11 is 0. The molecule has 0 unspecified atom stereocenters. The largest absolute Gasteiger partial charge is 0.383 e. The normalized spacial score (nSPS) is 11.4. The molecule has 0 aliphatic heterocycles. The third kappa shape index (κ3) is 3.05. The van der Waals surface area contributed by atoms with Crippen molar-refractivity contribution in [1.29, 1.82) is 0 Å². The minimum absolute atomic E-state index is 0.326. The maximum Gasteiger partial charge on any atom is 0.217 e. The third-order valence-electron chi connectivity index (χ3n) is 4.83. The maximum atomic E-state index is 14.1. The van der Waals surface area contributed by atoms with Crippen LogP contribution in [0, 0.1) is 5.82 Å². The number of nitrogens with one attached hydrogen (secondary N) is 1. The molecule has 2 aromatic carbocycles. The van der Waals surface area contributed by atoms with Crippen molar-refractivity contribution < 1.29 is 9.13 Å². The fraction of sp³-hybridized carbons (Fsp3) is 0.143. The van der Waals surface area contributed by atoms with E-state index in [0.29, 0.717) is 47.1 Å². The highest BCUT2D eigenvalue weighted by atomic mass is 19.1. The van der Waals surface area contributed by atoms with Crippen molar-refractivity contribution in [2.75, 3.05) is 25.2 Å². The van der Waals surface area contributed by atoms with Crippen LogP contribution in [-0.4, -0.2) is 49.7 Å². The van der Waals surface area contributed by atoms with Crippen molar-refractivity contribution in [3.63, 3.8) is 0 Å². The number of nitrogens with zero attached hydrogens (tertiary/aromatic N) is 6. The lowest BCUT2D eigenvalue weighted by Crippen LogP contribution is -2.26. The van der Waals surface area contributed by atoms with Crippen molar-refractivity contribution in [3.05, 3.63) is 67.0 Å². The van der Waals surface area contributed by atoms with Gasteiger partial charge < -0.3 is 9.72 Å². The zero-order valence-corrected chi connectivity index (χ0v) is 16.2. The van der Waals surface area contributed by atoms with Gasteiger partial charge in [0, 0.05) is 18.9 Å². The van der Waals surface area contributed by atoms with Crippen molar-refractivity contribution in [3.8, 4) is 5.69 Å². The van der Waals surface area contributed by atoms with E-state index in [2.05, 4.69) is 19.9 Å².